The van der Waals surface area contributed by atoms with Gasteiger partial charge in [-0.25, -0.2) is 4.98 Å². The zero-order chi connectivity index (χ0) is 21.1. The Morgan fingerprint density at radius 3 is 2.53 bits per heavy atom. The summed E-state index contributed by atoms with van der Waals surface area (Å²) in [6.45, 7) is 10.7. The summed E-state index contributed by atoms with van der Waals surface area (Å²) in [6, 6.07) is 15.1. The molecule has 0 bridgehead atoms. The molecule has 1 aliphatic heterocycles. The largest absolute Gasteiger partial charge is 0.350 e. The number of hydrogen-bond donors (Lipinski definition) is 1. The van der Waals surface area contributed by atoms with Crippen molar-refractivity contribution in [2.45, 2.75) is 58.8 Å². The molecule has 0 saturated heterocycles. The number of H-pyrrole nitrogens is 1. The van der Waals surface area contributed by atoms with Crippen LogP contribution in [-0.2, 0) is 11.8 Å². The normalized spacial score (nSPS) is 13.7. The van der Waals surface area contributed by atoms with Gasteiger partial charge in [0, 0.05) is 24.1 Å². The molecule has 3 aromatic rings. The fourth-order valence-corrected chi connectivity index (χ4v) is 4.00. The van der Waals surface area contributed by atoms with Crippen LogP contribution in [0.25, 0.3) is 0 Å². The van der Waals surface area contributed by atoms with E-state index < -0.39 is 0 Å². The van der Waals surface area contributed by atoms with E-state index in [9.17, 15) is 0 Å². The van der Waals surface area contributed by atoms with Gasteiger partial charge in [0.2, 0.25) is 0 Å². The number of rotatable bonds is 7. The Morgan fingerprint density at radius 1 is 1.03 bits per heavy atom. The third-order valence-corrected chi connectivity index (χ3v) is 5.81. The highest BCUT2D eigenvalue weighted by atomic mass is 15.4. The molecule has 30 heavy (non-hydrogen) atoms. The molecule has 0 atom stereocenters. The van der Waals surface area contributed by atoms with Gasteiger partial charge in [0.25, 0.3) is 0 Å². The SMILES string of the molecule is Cc1cc(CCCCCN2CN(c3ccccc3)c3ncc(C(C)(C)C)cc32)n[nH]1. The monoisotopic (exact) mass is 403 g/mol. The average molecular weight is 404 g/mol. The minimum absolute atomic E-state index is 0.0928. The van der Waals surface area contributed by atoms with Crippen LogP contribution in [0.5, 0.6) is 0 Å². The second-order valence-electron chi connectivity index (χ2n) is 9.34. The Labute approximate surface area is 180 Å². The van der Waals surface area contributed by atoms with E-state index in [0.717, 1.165) is 31.1 Å². The highest BCUT2D eigenvalue weighted by Gasteiger charge is 2.29. The first-order chi connectivity index (χ1) is 14.4. The fraction of sp³-hybridized carbons (Fsp3) is 0.440. The van der Waals surface area contributed by atoms with Crippen LogP contribution in [0, 0.1) is 6.92 Å². The second kappa shape index (κ2) is 8.50. The summed E-state index contributed by atoms with van der Waals surface area (Å²) in [5.74, 6) is 1.07. The van der Waals surface area contributed by atoms with Gasteiger partial charge < -0.3 is 9.80 Å². The van der Waals surface area contributed by atoms with Gasteiger partial charge >= 0.3 is 0 Å². The van der Waals surface area contributed by atoms with Crippen LogP contribution in [0.2, 0.25) is 0 Å². The molecule has 1 aliphatic rings. The van der Waals surface area contributed by atoms with Crippen molar-refractivity contribution >= 4 is 17.2 Å². The number of aryl methyl sites for hydroxylation is 2. The van der Waals surface area contributed by atoms with E-state index in [-0.39, 0.29) is 5.41 Å². The first kappa shape index (κ1) is 20.5. The molecular weight excluding hydrogens is 370 g/mol. The molecule has 1 aromatic carbocycles. The Hall–Kier alpha value is -2.82. The minimum Gasteiger partial charge on any atom is -0.350 e. The quantitative estimate of drug-likeness (QED) is 0.511. The number of hydrogen-bond acceptors (Lipinski definition) is 4. The van der Waals surface area contributed by atoms with Crippen LogP contribution >= 0.6 is 0 Å². The van der Waals surface area contributed by atoms with Crippen molar-refractivity contribution in [2.24, 2.45) is 0 Å². The van der Waals surface area contributed by atoms with Gasteiger partial charge in [-0.3, -0.25) is 5.10 Å². The summed E-state index contributed by atoms with van der Waals surface area (Å²) in [4.78, 5) is 9.71. The molecule has 0 fully saturated rings. The van der Waals surface area contributed by atoms with Gasteiger partial charge in [-0.1, -0.05) is 45.4 Å². The summed E-state index contributed by atoms with van der Waals surface area (Å²) in [7, 11) is 0. The predicted octanol–water partition coefficient (Wildman–Crippen LogP) is 5.74. The minimum atomic E-state index is 0.0928. The lowest BCUT2D eigenvalue weighted by atomic mass is 9.88. The Morgan fingerprint density at radius 2 is 1.83 bits per heavy atom. The molecule has 0 spiro atoms. The van der Waals surface area contributed by atoms with Crippen LogP contribution < -0.4 is 9.80 Å². The number of fused-ring (bicyclic) bond motifs is 1. The molecule has 2 aromatic heterocycles. The molecule has 0 amide bonds. The van der Waals surface area contributed by atoms with E-state index in [1.54, 1.807) is 0 Å². The molecule has 5 heteroatoms. The van der Waals surface area contributed by atoms with Crippen molar-refractivity contribution in [3.05, 3.63) is 65.6 Å². The number of benzene rings is 1. The van der Waals surface area contributed by atoms with Gasteiger partial charge in [0.1, 0.15) is 0 Å². The third kappa shape index (κ3) is 4.50. The number of pyridine rings is 1. The predicted molar refractivity (Wildman–Crippen MR) is 125 cm³/mol. The van der Waals surface area contributed by atoms with E-state index in [1.165, 1.54) is 41.9 Å². The van der Waals surface area contributed by atoms with E-state index in [4.69, 9.17) is 4.98 Å². The maximum Gasteiger partial charge on any atom is 0.158 e. The van der Waals surface area contributed by atoms with Gasteiger partial charge in [-0.2, -0.15) is 5.10 Å². The van der Waals surface area contributed by atoms with Crippen molar-refractivity contribution in [1.29, 1.82) is 0 Å². The number of anilines is 3. The average Bonchev–Trinajstić information content (AvgIpc) is 3.31. The summed E-state index contributed by atoms with van der Waals surface area (Å²) in [5, 5.41) is 7.38. The molecule has 1 N–H and O–H groups in total. The molecule has 4 rings (SSSR count). The van der Waals surface area contributed by atoms with Crippen LogP contribution in [0.15, 0.2) is 48.7 Å². The molecule has 5 nitrogen and oxygen atoms in total. The molecule has 0 unspecified atom stereocenters. The topological polar surface area (TPSA) is 48.1 Å². The van der Waals surface area contributed by atoms with E-state index in [1.807, 2.05) is 6.20 Å². The summed E-state index contributed by atoms with van der Waals surface area (Å²) >= 11 is 0. The van der Waals surface area contributed by atoms with Crippen molar-refractivity contribution in [1.82, 2.24) is 15.2 Å². The number of para-hydroxylation sites is 1. The van der Waals surface area contributed by atoms with Crippen LogP contribution in [0.3, 0.4) is 0 Å². The lowest BCUT2D eigenvalue weighted by Gasteiger charge is -2.22. The first-order valence-corrected chi connectivity index (χ1v) is 11.0. The number of nitrogens with one attached hydrogen (secondary N) is 1. The third-order valence-electron chi connectivity index (χ3n) is 5.81. The molecule has 0 saturated carbocycles. The maximum atomic E-state index is 4.89. The van der Waals surface area contributed by atoms with Gasteiger partial charge in [-0.05, 0) is 61.4 Å². The van der Waals surface area contributed by atoms with Gasteiger partial charge in [0.05, 0.1) is 18.1 Å². The van der Waals surface area contributed by atoms with Crippen molar-refractivity contribution in [2.75, 3.05) is 23.0 Å². The van der Waals surface area contributed by atoms with Gasteiger partial charge in [-0.15, -0.1) is 0 Å². The number of unbranched alkanes of at least 4 members (excludes halogenated alkanes) is 2. The lowest BCUT2D eigenvalue weighted by molar-refractivity contribution is 0.587. The van der Waals surface area contributed by atoms with Crippen LogP contribution in [0.4, 0.5) is 17.2 Å². The molecule has 0 radical (unpaired) electrons. The Kier molecular flexibility index (Phi) is 5.80. The lowest BCUT2D eigenvalue weighted by Crippen LogP contribution is -2.28. The summed E-state index contributed by atoms with van der Waals surface area (Å²) in [5.41, 5.74) is 6.15. The zero-order valence-electron chi connectivity index (χ0n) is 18.7. The molecule has 3 heterocycles. The Balaban J connectivity index is 1.45. The van der Waals surface area contributed by atoms with Gasteiger partial charge in [0.15, 0.2) is 5.82 Å². The first-order valence-electron chi connectivity index (χ1n) is 11.0. The van der Waals surface area contributed by atoms with Crippen molar-refractivity contribution in [3.8, 4) is 0 Å². The number of aromatic amines is 1. The Bertz CT molecular complexity index is 971. The fourth-order valence-electron chi connectivity index (χ4n) is 4.00. The zero-order valence-corrected chi connectivity index (χ0v) is 18.7. The second-order valence-corrected chi connectivity index (χ2v) is 9.34. The van der Waals surface area contributed by atoms with Crippen LogP contribution in [0.1, 0.15) is 57.0 Å². The van der Waals surface area contributed by atoms with E-state index >= 15 is 0 Å². The number of nitrogens with zero attached hydrogens (tertiary/aromatic N) is 4. The molecule has 0 aliphatic carbocycles. The molecular formula is C25H33N5. The summed E-state index contributed by atoms with van der Waals surface area (Å²) < 4.78 is 0. The van der Waals surface area contributed by atoms with Crippen molar-refractivity contribution in [3.63, 3.8) is 0 Å². The van der Waals surface area contributed by atoms with Crippen molar-refractivity contribution < 1.29 is 0 Å². The summed E-state index contributed by atoms with van der Waals surface area (Å²) in [6.07, 6.45) is 6.64. The maximum absolute atomic E-state index is 4.89. The molecule has 158 valence electrons. The van der Waals surface area contributed by atoms with E-state index in [2.05, 4.69) is 90.2 Å². The number of aromatic nitrogens is 3. The highest BCUT2D eigenvalue weighted by Crippen LogP contribution is 2.41. The van der Waals surface area contributed by atoms with Crippen LogP contribution in [-0.4, -0.2) is 28.4 Å². The van der Waals surface area contributed by atoms with E-state index in [0.29, 0.717) is 0 Å². The highest BCUT2D eigenvalue weighted by molar-refractivity contribution is 5.79. The standard InChI is InChI=1S/C25H33N5/c1-19-15-21(28-27-19)11-7-6-10-14-29-18-30(22-12-8-5-9-13-22)24-23(29)16-20(17-26-24)25(2,3)4/h5,8-9,12-13,15-17H,6-7,10-11,14,18H2,1-4H3,(H,27,28). The smallest absolute Gasteiger partial charge is 0.158 e.